The van der Waals surface area contributed by atoms with Gasteiger partial charge in [-0.05, 0) is 42.8 Å². The van der Waals surface area contributed by atoms with Gasteiger partial charge >= 0.3 is 0 Å². The predicted molar refractivity (Wildman–Crippen MR) is 73.9 cm³/mol. The van der Waals surface area contributed by atoms with Crippen molar-refractivity contribution in [1.29, 1.82) is 0 Å². The summed E-state index contributed by atoms with van der Waals surface area (Å²) in [5, 5.41) is 11.5. The highest BCUT2D eigenvalue weighted by Gasteiger charge is 2.26. The lowest BCUT2D eigenvalue weighted by atomic mass is 9.93. The lowest BCUT2D eigenvalue weighted by Gasteiger charge is -2.23. The number of rotatable bonds is 3. The first-order valence-corrected chi connectivity index (χ1v) is 6.42. The topological polar surface area (TPSA) is 33.1 Å². The highest BCUT2D eigenvalue weighted by Crippen LogP contribution is 2.29. The lowest BCUT2D eigenvalue weighted by Crippen LogP contribution is -2.25. The normalized spacial score (nSPS) is 14.2. The number of nitrogens with zero attached hydrogens (tertiary/aromatic N) is 1. The largest absolute Gasteiger partial charge is 0.383 e. The van der Waals surface area contributed by atoms with Crippen LogP contribution in [0.4, 0.5) is 4.39 Å². The average Bonchev–Trinajstić information content (AvgIpc) is 2.34. The van der Waals surface area contributed by atoms with Gasteiger partial charge in [0.25, 0.3) is 0 Å². The second-order valence-corrected chi connectivity index (χ2v) is 5.39. The van der Waals surface area contributed by atoms with Crippen molar-refractivity contribution < 1.29 is 9.50 Å². The number of aliphatic hydroxyl groups is 1. The van der Waals surface area contributed by atoms with Crippen LogP contribution in [-0.2, 0) is 12.0 Å². The molecule has 1 atom stereocenters. The molecule has 0 saturated carbocycles. The zero-order valence-corrected chi connectivity index (χ0v) is 11.7. The van der Waals surface area contributed by atoms with Gasteiger partial charge < -0.3 is 5.11 Å². The van der Waals surface area contributed by atoms with Crippen molar-refractivity contribution in [2.45, 2.75) is 18.9 Å². The van der Waals surface area contributed by atoms with Gasteiger partial charge in [-0.15, -0.1) is 0 Å². The van der Waals surface area contributed by atoms with E-state index in [1.165, 1.54) is 12.1 Å². The summed E-state index contributed by atoms with van der Waals surface area (Å²) < 4.78 is 12.8. The molecule has 0 bridgehead atoms. The van der Waals surface area contributed by atoms with E-state index in [4.69, 9.17) is 23.2 Å². The van der Waals surface area contributed by atoms with Crippen molar-refractivity contribution in [2.75, 3.05) is 0 Å². The number of halogens is 3. The van der Waals surface area contributed by atoms with Crippen LogP contribution in [0.5, 0.6) is 0 Å². The first-order chi connectivity index (χ1) is 8.88. The maximum atomic E-state index is 12.8. The molecule has 0 spiro atoms. The molecule has 0 amide bonds. The van der Waals surface area contributed by atoms with Gasteiger partial charge in [0.2, 0.25) is 0 Å². The van der Waals surface area contributed by atoms with Gasteiger partial charge in [-0.25, -0.2) is 4.39 Å². The van der Waals surface area contributed by atoms with E-state index in [-0.39, 0.29) is 6.42 Å². The van der Waals surface area contributed by atoms with E-state index in [0.717, 1.165) is 6.20 Å². The Morgan fingerprint density at radius 3 is 2.63 bits per heavy atom. The molecule has 5 heteroatoms. The number of aromatic nitrogens is 1. The fraction of sp³-hybridized carbons (Fsp3) is 0.214. The quantitative estimate of drug-likeness (QED) is 0.930. The Morgan fingerprint density at radius 1 is 1.26 bits per heavy atom. The summed E-state index contributed by atoms with van der Waals surface area (Å²) in [6.07, 6.45) is 1.31. The van der Waals surface area contributed by atoms with Gasteiger partial charge in [-0.2, -0.15) is 0 Å². The van der Waals surface area contributed by atoms with Gasteiger partial charge in [-0.1, -0.05) is 23.2 Å². The fourth-order valence-electron chi connectivity index (χ4n) is 1.83. The summed E-state index contributed by atoms with van der Waals surface area (Å²) in [4.78, 5) is 3.90. The van der Waals surface area contributed by atoms with Crippen molar-refractivity contribution >= 4 is 23.2 Å². The SMILES string of the molecule is CC(O)(Cc1cc(Cl)ccc1Cl)c1ccc(F)cn1. The average molecular weight is 300 g/mol. The molecular formula is C14H12Cl2FNO. The van der Waals surface area contributed by atoms with E-state index in [0.29, 0.717) is 21.3 Å². The molecule has 1 aromatic heterocycles. The van der Waals surface area contributed by atoms with Crippen molar-refractivity contribution in [1.82, 2.24) is 4.98 Å². The molecule has 2 aromatic rings. The summed E-state index contributed by atoms with van der Waals surface area (Å²) in [6, 6.07) is 7.76. The highest BCUT2D eigenvalue weighted by molar-refractivity contribution is 6.33. The molecule has 2 nitrogen and oxygen atoms in total. The number of hydrogen-bond donors (Lipinski definition) is 1. The summed E-state index contributed by atoms with van der Waals surface area (Å²) in [5.41, 5.74) is -0.155. The predicted octanol–water partition coefficient (Wildman–Crippen LogP) is 3.98. The van der Waals surface area contributed by atoms with Crippen LogP contribution in [0, 0.1) is 5.82 Å². The zero-order valence-electron chi connectivity index (χ0n) is 10.2. The van der Waals surface area contributed by atoms with Crippen LogP contribution in [0.15, 0.2) is 36.5 Å². The molecule has 1 aromatic carbocycles. The molecule has 0 saturated heterocycles. The van der Waals surface area contributed by atoms with Crippen LogP contribution in [0.1, 0.15) is 18.2 Å². The van der Waals surface area contributed by atoms with E-state index >= 15 is 0 Å². The summed E-state index contributed by atoms with van der Waals surface area (Å²) in [5.74, 6) is -0.444. The Hall–Kier alpha value is -1.16. The molecule has 1 heterocycles. The van der Waals surface area contributed by atoms with E-state index in [9.17, 15) is 9.50 Å². The molecule has 1 unspecified atom stereocenters. The van der Waals surface area contributed by atoms with E-state index in [2.05, 4.69) is 4.98 Å². The Bertz CT molecular complexity index is 584. The van der Waals surface area contributed by atoms with Gasteiger partial charge in [0, 0.05) is 16.5 Å². The third kappa shape index (κ3) is 3.44. The number of pyridine rings is 1. The molecule has 0 fully saturated rings. The number of benzene rings is 1. The summed E-state index contributed by atoms with van der Waals surface area (Å²) >= 11 is 12.0. The molecule has 1 N–H and O–H groups in total. The maximum Gasteiger partial charge on any atom is 0.141 e. The molecule has 0 radical (unpaired) electrons. The summed E-state index contributed by atoms with van der Waals surface area (Å²) in [6.45, 7) is 1.60. The van der Waals surface area contributed by atoms with Gasteiger partial charge in [0.1, 0.15) is 11.4 Å². The van der Waals surface area contributed by atoms with E-state index < -0.39 is 11.4 Å². The summed E-state index contributed by atoms with van der Waals surface area (Å²) in [7, 11) is 0. The number of hydrogen-bond acceptors (Lipinski definition) is 2. The van der Waals surface area contributed by atoms with E-state index in [1.54, 1.807) is 25.1 Å². The molecular weight excluding hydrogens is 288 g/mol. The second kappa shape index (κ2) is 5.45. The first kappa shape index (κ1) is 14.3. The second-order valence-electron chi connectivity index (χ2n) is 4.55. The minimum absolute atomic E-state index is 0.241. The Labute approximate surface area is 120 Å². The molecule has 0 aliphatic heterocycles. The third-order valence-corrected chi connectivity index (χ3v) is 3.43. The van der Waals surface area contributed by atoms with Gasteiger partial charge in [-0.3, -0.25) is 4.98 Å². The van der Waals surface area contributed by atoms with Crippen LogP contribution in [-0.4, -0.2) is 10.1 Å². The Morgan fingerprint density at radius 2 is 2.00 bits per heavy atom. The van der Waals surface area contributed by atoms with Crippen molar-refractivity contribution in [2.24, 2.45) is 0 Å². The first-order valence-electron chi connectivity index (χ1n) is 5.67. The molecule has 100 valence electrons. The molecule has 19 heavy (non-hydrogen) atoms. The Kier molecular flexibility index (Phi) is 4.09. The minimum atomic E-state index is -1.25. The standard InChI is InChI=1S/C14H12Cl2FNO/c1-14(19,13-5-3-11(17)8-18-13)7-9-6-10(15)2-4-12(9)16/h2-6,8,19H,7H2,1H3. The fourth-order valence-corrected chi connectivity index (χ4v) is 2.21. The van der Waals surface area contributed by atoms with Crippen LogP contribution in [0.2, 0.25) is 10.0 Å². The highest BCUT2D eigenvalue weighted by atomic mass is 35.5. The van der Waals surface area contributed by atoms with Gasteiger partial charge in [0.15, 0.2) is 0 Å². The Balaban J connectivity index is 2.30. The zero-order chi connectivity index (χ0) is 14.0. The van der Waals surface area contributed by atoms with Crippen molar-refractivity contribution in [3.8, 4) is 0 Å². The van der Waals surface area contributed by atoms with E-state index in [1.807, 2.05) is 0 Å². The van der Waals surface area contributed by atoms with Crippen LogP contribution in [0.25, 0.3) is 0 Å². The molecule has 2 rings (SSSR count). The van der Waals surface area contributed by atoms with Crippen molar-refractivity contribution in [3.63, 3.8) is 0 Å². The monoisotopic (exact) mass is 299 g/mol. The third-order valence-electron chi connectivity index (χ3n) is 2.82. The molecule has 0 aliphatic carbocycles. The molecule has 0 aliphatic rings. The van der Waals surface area contributed by atoms with Crippen LogP contribution >= 0.6 is 23.2 Å². The van der Waals surface area contributed by atoms with Crippen LogP contribution < -0.4 is 0 Å². The maximum absolute atomic E-state index is 12.8. The minimum Gasteiger partial charge on any atom is -0.383 e. The smallest absolute Gasteiger partial charge is 0.141 e. The lowest BCUT2D eigenvalue weighted by molar-refractivity contribution is 0.0529. The van der Waals surface area contributed by atoms with Gasteiger partial charge in [0.05, 0.1) is 11.9 Å². The van der Waals surface area contributed by atoms with Crippen LogP contribution in [0.3, 0.4) is 0 Å². The van der Waals surface area contributed by atoms with Crippen molar-refractivity contribution in [3.05, 3.63) is 63.6 Å².